The van der Waals surface area contributed by atoms with Gasteiger partial charge in [0.15, 0.2) is 0 Å². The SMILES string of the molecule is CC(C)C(=O)CCC[C@@H]1CO[C@@](Cn2cccc2)(c2ccc(F)cc2F)C1. The molecule has 1 fully saturated rings. The molecule has 1 aromatic carbocycles. The van der Waals surface area contributed by atoms with Crippen LogP contribution in [0.5, 0.6) is 0 Å². The number of aromatic nitrogens is 1. The maximum Gasteiger partial charge on any atom is 0.135 e. The van der Waals surface area contributed by atoms with Crippen molar-refractivity contribution < 1.29 is 18.3 Å². The Balaban J connectivity index is 1.75. The first-order chi connectivity index (χ1) is 12.9. The molecule has 2 atom stereocenters. The maximum atomic E-state index is 14.6. The van der Waals surface area contributed by atoms with Gasteiger partial charge in [0.25, 0.3) is 0 Å². The number of hydrogen-bond acceptors (Lipinski definition) is 2. The molecule has 2 aromatic rings. The molecule has 0 amide bonds. The van der Waals surface area contributed by atoms with Crippen LogP contribution >= 0.6 is 0 Å². The Morgan fingerprint density at radius 3 is 2.70 bits per heavy atom. The van der Waals surface area contributed by atoms with E-state index >= 15 is 0 Å². The average Bonchev–Trinajstić information content (AvgIpc) is 3.25. The van der Waals surface area contributed by atoms with E-state index in [-0.39, 0.29) is 17.6 Å². The first-order valence-corrected chi connectivity index (χ1v) is 9.62. The van der Waals surface area contributed by atoms with Crippen LogP contribution < -0.4 is 0 Å². The fourth-order valence-corrected chi connectivity index (χ4v) is 3.91. The summed E-state index contributed by atoms with van der Waals surface area (Å²) >= 11 is 0. The third-order valence-electron chi connectivity index (χ3n) is 5.42. The van der Waals surface area contributed by atoms with E-state index in [1.54, 1.807) is 0 Å². The van der Waals surface area contributed by atoms with E-state index in [0.29, 0.717) is 31.6 Å². The molecule has 0 N–H and O–H groups in total. The molecule has 1 aliphatic rings. The fraction of sp³-hybridized carbons (Fsp3) is 0.500. The average molecular weight is 375 g/mol. The molecule has 0 aliphatic carbocycles. The lowest BCUT2D eigenvalue weighted by atomic mass is 9.84. The summed E-state index contributed by atoms with van der Waals surface area (Å²) in [6, 6.07) is 7.54. The molecular weight excluding hydrogens is 348 g/mol. The van der Waals surface area contributed by atoms with Gasteiger partial charge in [-0.25, -0.2) is 8.78 Å². The molecule has 2 heterocycles. The molecule has 1 aromatic heterocycles. The molecule has 1 saturated heterocycles. The molecule has 1 aliphatic heterocycles. The second-order valence-corrected chi connectivity index (χ2v) is 7.87. The molecule has 3 nitrogen and oxygen atoms in total. The number of ether oxygens (including phenoxy) is 1. The summed E-state index contributed by atoms with van der Waals surface area (Å²) < 4.78 is 36.1. The lowest BCUT2D eigenvalue weighted by Crippen LogP contribution is -2.32. The number of carbonyl (C=O) groups is 1. The Bertz CT molecular complexity index is 773. The topological polar surface area (TPSA) is 31.2 Å². The van der Waals surface area contributed by atoms with Crippen LogP contribution in [0.4, 0.5) is 8.78 Å². The number of halogens is 2. The van der Waals surface area contributed by atoms with Gasteiger partial charge in [0.1, 0.15) is 23.0 Å². The molecule has 0 unspecified atom stereocenters. The second kappa shape index (κ2) is 8.34. The van der Waals surface area contributed by atoms with E-state index in [2.05, 4.69) is 0 Å². The largest absolute Gasteiger partial charge is 0.368 e. The molecule has 5 heteroatoms. The highest BCUT2D eigenvalue weighted by atomic mass is 19.1. The zero-order chi connectivity index (χ0) is 19.4. The number of nitrogens with zero attached hydrogens (tertiary/aromatic N) is 1. The Hall–Kier alpha value is -2.01. The lowest BCUT2D eigenvalue weighted by Gasteiger charge is -2.30. The van der Waals surface area contributed by atoms with Crippen molar-refractivity contribution in [2.45, 2.75) is 51.7 Å². The minimum Gasteiger partial charge on any atom is -0.368 e. The Morgan fingerprint density at radius 1 is 1.30 bits per heavy atom. The summed E-state index contributed by atoms with van der Waals surface area (Å²) in [6.45, 7) is 4.83. The lowest BCUT2D eigenvalue weighted by molar-refractivity contribution is -0.122. The second-order valence-electron chi connectivity index (χ2n) is 7.87. The Kier molecular flexibility index (Phi) is 6.10. The van der Waals surface area contributed by atoms with Crippen LogP contribution in [0.3, 0.4) is 0 Å². The van der Waals surface area contributed by atoms with E-state index in [0.717, 1.165) is 18.9 Å². The van der Waals surface area contributed by atoms with Gasteiger partial charge in [-0.15, -0.1) is 0 Å². The zero-order valence-corrected chi connectivity index (χ0v) is 16.0. The Labute approximate surface area is 159 Å². The van der Waals surface area contributed by atoms with Crippen molar-refractivity contribution in [3.63, 3.8) is 0 Å². The number of ketones is 1. The maximum absolute atomic E-state index is 14.6. The van der Waals surface area contributed by atoms with Gasteiger partial charge in [0.2, 0.25) is 0 Å². The summed E-state index contributed by atoms with van der Waals surface area (Å²) in [5.41, 5.74) is -0.415. The molecule has 146 valence electrons. The van der Waals surface area contributed by atoms with Crippen molar-refractivity contribution in [1.82, 2.24) is 4.57 Å². The van der Waals surface area contributed by atoms with E-state index < -0.39 is 17.2 Å². The molecule has 27 heavy (non-hydrogen) atoms. The van der Waals surface area contributed by atoms with Crippen LogP contribution in [0.1, 0.15) is 45.1 Å². The first kappa shape index (κ1) is 19.7. The normalized spacial score (nSPS) is 22.5. The van der Waals surface area contributed by atoms with Crippen molar-refractivity contribution in [1.29, 1.82) is 0 Å². The van der Waals surface area contributed by atoms with Crippen molar-refractivity contribution in [3.05, 3.63) is 59.9 Å². The van der Waals surface area contributed by atoms with Gasteiger partial charge in [-0.3, -0.25) is 4.79 Å². The van der Waals surface area contributed by atoms with Crippen LogP contribution in [0.2, 0.25) is 0 Å². The molecule has 0 spiro atoms. The van der Waals surface area contributed by atoms with E-state index in [4.69, 9.17) is 4.74 Å². The number of rotatable bonds is 8. The number of Topliss-reactive ketones (excluding diaryl/α,β-unsaturated/α-hetero) is 1. The highest BCUT2D eigenvalue weighted by molar-refractivity contribution is 5.80. The molecular formula is C22H27F2NO2. The third-order valence-corrected chi connectivity index (χ3v) is 5.42. The summed E-state index contributed by atoms with van der Waals surface area (Å²) in [4.78, 5) is 11.8. The van der Waals surface area contributed by atoms with Crippen molar-refractivity contribution in [3.8, 4) is 0 Å². The van der Waals surface area contributed by atoms with Crippen LogP contribution in [-0.2, 0) is 21.7 Å². The van der Waals surface area contributed by atoms with Gasteiger partial charge < -0.3 is 9.30 Å². The summed E-state index contributed by atoms with van der Waals surface area (Å²) in [5.74, 6) is -0.569. The number of carbonyl (C=O) groups excluding carboxylic acids is 1. The highest BCUT2D eigenvalue weighted by Crippen LogP contribution is 2.43. The standard InChI is InChI=1S/C22H27F2NO2/c1-16(2)21(26)7-5-6-17-13-22(27-14-17,15-25-10-3-4-11-25)19-9-8-18(23)12-20(19)24/h3-4,8-12,16-17H,5-7,13-15H2,1-2H3/t17-,22-/m0/s1. The van der Waals surface area contributed by atoms with E-state index in [1.807, 2.05) is 42.9 Å². The minimum absolute atomic E-state index is 0.0611. The van der Waals surface area contributed by atoms with Crippen LogP contribution in [-0.4, -0.2) is 17.0 Å². The van der Waals surface area contributed by atoms with Crippen molar-refractivity contribution >= 4 is 5.78 Å². The minimum atomic E-state index is -0.816. The van der Waals surface area contributed by atoms with E-state index in [1.165, 1.54) is 12.1 Å². The molecule has 0 saturated carbocycles. The predicted octanol–water partition coefficient (Wildman–Crippen LogP) is 5.09. The monoisotopic (exact) mass is 375 g/mol. The number of hydrogen-bond donors (Lipinski definition) is 0. The quantitative estimate of drug-likeness (QED) is 0.643. The smallest absolute Gasteiger partial charge is 0.135 e. The van der Waals surface area contributed by atoms with E-state index in [9.17, 15) is 13.6 Å². The van der Waals surface area contributed by atoms with Crippen LogP contribution in [0, 0.1) is 23.5 Å². The van der Waals surface area contributed by atoms with Gasteiger partial charge in [-0.2, -0.15) is 0 Å². The van der Waals surface area contributed by atoms with Gasteiger partial charge in [0.05, 0.1) is 13.2 Å². The van der Waals surface area contributed by atoms with Crippen molar-refractivity contribution in [2.24, 2.45) is 11.8 Å². The summed E-state index contributed by atoms with van der Waals surface area (Å²) in [5, 5.41) is 0. The first-order valence-electron chi connectivity index (χ1n) is 9.62. The number of benzene rings is 1. The molecule has 0 bridgehead atoms. The molecule has 0 radical (unpaired) electrons. The molecule has 3 rings (SSSR count). The van der Waals surface area contributed by atoms with Gasteiger partial charge in [-0.05, 0) is 43.4 Å². The van der Waals surface area contributed by atoms with Gasteiger partial charge in [0, 0.05) is 36.4 Å². The van der Waals surface area contributed by atoms with Crippen LogP contribution in [0.15, 0.2) is 42.7 Å². The predicted molar refractivity (Wildman–Crippen MR) is 100 cm³/mol. The van der Waals surface area contributed by atoms with Gasteiger partial charge in [-0.1, -0.05) is 19.9 Å². The van der Waals surface area contributed by atoms with Crippen molar-refractivity contribution in [2.75, 3.05) is 6.61 Å². The summed E-state index contributed by atoms with van der Waals surface area (Å²) in [7, 11) is 0. The fourth-order valence-electron chi connectivity index (χ4n) is 3.91. The van der Waals surface area contributed by atoms with Crippen LogP contribution in [0.25, 0.3) is 0 Å². The zero-order valence-electron chi connectivity index (χ0n) is 16.0. The Morgan fingerprint density at radius 2 is 2.04 bits per heavy atom. The summed E-state index contributed by atoms with van der Waals surface area (Å²) in [6.07, 6.45) is 6.75. The highest BCUT2D eigenvalue weighted by Gasteiger charge is 2.43. The van der Waals surface area contributed by atoms with Gasteiger partial charge >= 0.3 is 0 Å². The third kappa shape index (κ3) is 4.64.